The van der Waals surface area contributed by atoms with Gasteiger partial charge in [0.1, 0.15) is 5.60 Å². The summed E-state index contributed by atoms with van der Waals surface area (Å²) in [5.41, 5.74) is 0.161. The molecule has 1 aromatic carbocycles. The molecule has 5 nitrogen and oxygen atoms in total. The van der Waals surface area contributed by atoms with Gasteiger partial charge in [0.25, 0.3) is 0 Å². The van der Waals surface area contributed by atoms with Gasteiger partial charge in [-0.25, -0.2) is 4.79 Å². The lowest BCUT2D eigenvalue weighted by molar-refractivity contribution is -0.184. The third-order valence-corrected chi connectivity index (χ3v) is 5.76. The number of amides is 2. The summed E-state index contributed by atoms with van der Waals surface area (Å²) in [6.45, 7) is 10.8. The Bertz CT molecular complexity index is 716. The average Bonchev–Trinajstić information content (AvgIpc) is 2.58. The number of ether oxygens (including phenoxy) is 1. The van der Waals surface area contributed by atoms with Crippen LogP contribution in [0.4, 0.5) is 4.79 Å². The zero-order chi connectivity index (χ0) is 20.0. The van der Waals surface area contributed by atoms with Gasteiger partial charge >= 0.3 is 6.09 Å². The smallest absolute Gasteiger partial charge is 0.410 e. The molecule has 0 saturated carbocycles. The second kappa shape index (κ2) is 7.01. The minimum atomic E-state index is -0.515. The van der Waals surface area contributed by atoms with Crippen LogP contribution in [-0.4, -0.2) is 46.5 Å². The fourth-order valence-electron chi connectivity index (χ4n) is 4.25. The summed E-state index contributed by atoms with van der Waals surface area (Å²) in [5.74, 6) is 0.196. The van der Waals surface area contributed by atoms with E-state index in [0.717, 1.165) is 5.56 Å². The van der Waals surface area contributed by atoms with Gasteiger partial charge in [-0.15, -0.1) is 0 Å². The van der Waals surface area contributed by atoms with Crippen molar-refractivity contribution in [1.29, 1.82) is 0 Å². The van der Waals surface area contributed by atoms with Gasteiger partial charge in [0.05, 0.1) is 11.5 Å². The first-order valence-electron chi connectivity index (χ1n) is 9.61. The summed E-state index contributed by atoms with van der Waals surface area (Å²) in [6, 6.07) is 7.94. The lowest BCUT2D eigenvalue weighted by atomic mass is 9.62. The molecule has 27 heavy (non-hydrogen) atoms. The molecule has 1 spiro atoms. The molecule has 0 bridgehead atoms. The molecule has 0 N–H and O–H groups in total. The quantitative estimate of drug-likeness (QED) is 0.688. The molecule has 148 valence electrons. The number of piperidine rings is 1. The number of benzene rings is 1. The molecule has 2 amide bonds. The van der Waals surface area contributed by atoms with Gasteiger partial charge in [-0.05, 0) is 65.2 Å². The Hall–Kier alpha value is -1.75. The van der Waals surface area contributed by atoms with Gasteiger partial charge in [0.15, 0.2) is 0 Å². The summed E-state index contributed by atoms with van der Waals surface area (Å²) in [7, 11) is 0. The SMILES string of the molecule is CC(C)N1C(=O)C2(CCN(C(=O)OC(C)(C)C)CC2)C1c1ccc(Cl)cc1. The van der Waals surface area contributed by atoms with Crippen molar-refractivity contribution in [2.75, 3.05) is 13.1 Å². The Kier molecular flexibility index (Phi) is 5.19. The number of hydrogen-bond acceptors (Lipinski definition) is 3. The standard InChI is InChI=1S/C21H29ClN2O3/c1-14(2)24-17(15-6-8-16(22)9-7-15)21(18(24)25)10-12-23(13-11-21)19(26)27-20(3,4)5/h6-9,14,17H,10-13H2,1-5H3. The second-order valence-electron chi connectivity index (χ2n) is 8.88. The van der Waals surface area contributed by atoms with Crippen molar-refractivity contribution in [3.05, 3.63) is 34.9 Å². The van der Waals surface area contributed by atoms with E-state index in [-0.39, 0.29) is 24.1 Å². The predicted molar refractivity (Wildman–Crippen MR) is 106 cm³/mol. The van der Waals surface area contributed by atoms with E-state index in [9.17, 15) is 9.59 Å². The molecule has 0 radical (unpaired) electrons. The van der Waals surface area contributed by atoms with E-state index >= 15 is 0 Å². The van der Waals surface area contributed by atoms with Crippen LogP contribution < -0.4 is 0 Å². The van der Waals surface area contributed by atoms with Gasteiger partial charge in [0.2, 0.25) is 5.91 Å². The summed E-state index contributed by atoms with van der Waals surface area (Å²) >= 11 is 6.05. The van der Waals surface area contributed by atoms with Crippen molar-refractivity contribution in [2.24, 2.45) is 5.41 Å². The molecule has 2 fully saturated rings. The van der Waals surface area contributed by atoms with E-state index in [1.54, 1.807) is 4.90 Å². The minimum absolute atomic E-state index is 0.0306. The van der Waals surface area contributed by atoms with E-state index in [0.29, 0.717) is 31.0 Å². The van der Waals surface area contributed by atoms with Crippen molar-refractivity contribution >= 4 is 23.6 Å². The third-order valence-electron chi connectivity index (χ3n) is 5.51. The Morgan fingerprint density at radius 3 is 2.22 bits per heavy atom. The van der Waals surface area contributed by atoms with Gasteiger partial charge in [-0.1, -0.05) is 23.7 Å². The molecule has 2 saturated heterocycles. The largest absolute Gasteiger partial charge is 0.444 e. The Morgan fingerprint density at radius 1 is 1.19 bits per heavy atom. The third kappa shape index (κ3) is 3.66. The zero-order valence-electron chi connectivity index (χ0n) is 16.8. The van der Waals surface area contributed by atoms with Crippen LogP contribution in [0.3, 0.4) is 0 Å². The van der Waals surface area contributed by atoms with Crippen molar-refractivity contribution in [2.45, 2.75) is 65.1 Å². The van der Waals surface area contributed by atoms with Crippen molar-refractivity contribution in [1.82, 2.24) is 9.80 Å². The fraction of sp³-hybridized carbons (Fsp3) is 0.619. The van der Waals surface area contributed by atoms with E-state index in [1.165, 1.54) is 0 Å². The molecule has 2 aliphatic heterocycles. The molecule has 1 aromatic rings. The number of nitrogens with zero attached hydrogens (tertiary/aromatic N) is 2. The first-order valence-corrected chi connectivity index (χ1v) is 9.99. The molecule has 0 aliphatic carbocycles. The number of β-lactam (4-membered cyclic amide) rings is 1. The highest BCUT2D eigenvalue weighted by Gasteiger charge is 2.62. The van der Waals surface area contributed by atoms with Crippen LogP contribution in [0.25, 0.3) is 0 Å². The number of carbonyl (C=O) groups excluding carboxylic acids is 2. The Balaban J connectivity index is 1.79. The summed E-state index contributed by atoms with van der Waals surface area (Å²) < 4.78 is 5.48. The highest BCUT2D eigenvalue weighted by molar-refractivity contribution is 6.30. The van der Waals surface area contributed by atoms with Crippen LogP contribution in [0.5, 0.6) is 0 Å². The molecule has 2 heterocycles. The van der Waals surface area contributed by atoms with Crippen LogP contribution in [-0.2, 0) is 9.53 Å². The number of carbonyl (C=O) groups is 2. The van der Waals surface area contributed by atoms with Gasteiger partial charge in [-0.3, -0.25) is 4.79 Å². The first kappa shape index (κ1) is 20.0. The average molecular weight is 393 g/mol. The van der Waals surface area contributed by atoms with Gasteiger partial charge in [-0.2, -0.15) is 0 Å². The monoisotopic (exact) mass is 392 g/mol. The van der Waals surface area contributed by atoms with Crippen LogP contribution in [0.2, 0.25) is 5.02 Å². The molecular weight excluding hydrogens is 364 g/mol. The predicted octanol–water partition coefficient (Wildman–Crippen LogP) is 4.65. The molecule has 1 atom stereocenters. The summed E-state index contributed by atoms with van der Waals surface area (Å²) in [5, 5.41) is 0.689. The fourth-order valence-corrected chi connectivity index (χ4v) is 4.38. The van der Waals surface area contributed by atoms with Crippen LogP contribution in [0.1, 0.15) is 59.1 Å². The highest BCUT2D eigenvalue weighted by Crippen LogP contribution is 2.56. The maximum Gasteiger partial charge on any atom is 0.410 e. The number of likely N-dealkylation sites (tertiary alicyclic amines) is 2. The summed E-state index contributed by atoms with van der Waals surface area (Å²) in [6.07, 6.45) is 1.01. The number of halogens is 1. The molecule has 0 aromatic heterocycles. The normalized spacial score (nSPS) is 22.2. The maximum atomic E-state index is 13.1. The van der Waals surface area contributed by atoms with Crippen molar-refractivity contribution in [3.8, 4) is 0 Å². The lowest BCUT2D eigenvalue weighted by Gasteiger charge is -2.60. The number of rotatable bonds is 2. The van der Waals surface area contributed by atoms with Crippen LogP contribution in [0, 0.1) is 5.41 Å². The van der Waals surface area contributed by atoms with E-state index in [2.05, 4.69) is 0 Å². The maximum absolute atomic E-state index is 13.1. The first-order chi connectivity index (χ1) is 12.5. The molecular formula is C21H29ClN2O3. The van der Waals surface area contributed by atoms with E-state index < -0.39 is 11.0 Å². The van der Waals surface area contributed by atoms with E-state index in [1.807, 2.05) is 63.8 Å². The molecule has 6 heteroatoms. The lowest BCUT2D eigenvalue weighted by Crippen LogP contribution is -2.68. The van der Waals surface area contributed by atoms with Crippen molar-refractivity contribution in [3.63, 3.8) is 0 Å². The van der Waals surface area contributed by atoms with Crippen LogP contribution >= 0.6 is 11.6 Å². The zero-order valence-corrected chi connectivity index (χ0v) is 17.5. The Labute approximate surface area is 166 Å². The van der Waals surface area contributed by atoms with Crippen LogP contribution in [0.15, 0.2) is 24.3 Å². The van der Waals surface area contributed by atoms with Crippen molar-refractivity contribution < 1.29 is 14.3 Å². The second-order valence-corrected chi connectivity index (χ2v) is 9.32. The molecule has 1 unspecified atom stereocenters. The highest BCUT2D eigenvalue weighted by atomic mass is 35.5. The topological polar surface area (TPSA) is 49.9 Å². The van der Waals surface area contributed by atoms with E-state index in [4.69, 9.17) is 16.3 Å². The number of hydrogen-bond donors (Lipinski definition) is 0. The molecule has 2 aliphatic rings. The summed E-state index contributed by atoms with van der Waals surface area (Å²) in [4.78, 5) is 29.2. The molecule has 3 rings (SSSR count). The van der Waals surface area contributed by atoms with Gasteiger partial charge < -0.3 is 14.5 Å². The Morgan fingerprint density at radius 2 is 1.74 bits per heavy atom. The minimum Gasteiger partial charge on any atom is -0.444 e. The van der Waals surface area contributed by atoms with Gasteiger partial charge in [0, 0.05) is 24.2 Å².